The average Bonchev–Trinajstić information content (AvgIpc) is 2.17. The third-order valence-corrected chi connectivity index (χ3v) is 1.26. The average molecular weight is 181 g/mol. The molecule has 0 bridgehead atoms. The number of hydrogen-bond donors (Lipinski definition) is 1. The number of carbonyl (C=O) groups excluding carboxylic acids is 1. The molecule has 0 aliphatic heterocycles. The van der Waals surface area contributed by atoms with Crippen molar-refractivity contribution in [1.29, 1.82) is 0 Å². The second-order valence-corrected chi connectivity index (χ2v) is 2.23. The number of esters is 1. The molecule has 1 heterocycles. The van der Waals surface area contributed by atoms with Gasteiger partial charge in [0.2, 0.25) is 5.95 Å². The van der Waals surface area contributed by atoms with Crippen molar-refractivity contribution in [2.45, 2.75) is 6.92 Å². The van der Waals surface area contributed by atoms with Crippen LogP contribution in [0.2, 0.25) is 0 Å². The van der Waals surface area contributed by atoms with E-state index in [1.54, 1.807) is 25.4 Å². The Hall–Kier alpha value is -1.65. The predicted octanol–water partition coefficient (Wildman–Crippen LogP) is 0.452. The summed E-state index contributed by atoms with van der Waals surface area (Å²) in [6.07, 6.45) is 3.20. The summed E-state index contributed by atoms with van der Waals surface area (Å²) in [4.78, 5) is 18.6. The summed E-state index contributed by atoms with van der Waals surface area (Å²) >= 11 is 0. The minimum absolute atomic E-state index is 0.0951. The first-order chi connectivity index (χ1) is 6.33. The lowest BCUT2D eigenvalue weighted by Crippen LogP contribution is -2.17. The van der Waals surface area contributed by atoms with Gasteiger partial charge in [-0.15, -0.1) is 0 Å². The van der Waals surface area contributed by atoms with Crippen molar-refractivity contribution in [1.82, 2.24) is 9.97 Å². The van der Waals surface area contributed by atoms with Gasteiger partial charge in [-0.05, 0) is 13.0 Å². The number of hydrogen-bond acceptors (Lipinski definition) is 5. The van der Waals surface area contributed by atoms with E-state index in [9.17, 15) is 4.79 Å². The molecule has 1 N–H and O–H groups in total. The minimum atomic E-state index is -0.310. The Morgan fingerprint density at radius 3 is 2.85 bits per heavy atom. The van der Waals surface area contributed by atoms with E-state index in [2.05, 4.69) is 15.3 Å². The van der Waals surface area contributed by atoms with E-state index in [1.165, 1.54) is 0 Å². The lowest BCUT2D eigenvalue weighted by atomic mass is 10.6. The Kier molecular flexibility index (Phi) is 3.69. The van der Waals surface area contributed by atoms with Crippen molar-refractivity contribution in [2.75, 3.05) is 18.5 Å². The molecule has 13 heavy (non-hydrogen) atoms. The first-order valence-electron chi connectivity index (χ1n) is 3.99. The number of anilines is 1. The maximum absolute atomic E-state index is 10.9. The van der Waals surface area contributed by atoms with Crippen molar-refractivity contribution >= 4 is 11.9 Å². The highest BCUT2D eigenvalue weighted by Crippen LogP contribution is 1.92. The molecule has 0 aliphatic carbocycles. The number of aromatic nitrogens is 2. The van der Waals surface area contributed by atoms with E-state index in [0.717, 1.165) is 0 Å². The van der Waals surface area contributed by atoms with Crippen LogP contribution in [-0.4, -0.2) is 29.1 Å². The van der Waals surface area contributed by atoms with Crippen LogP contribution in [0.25, 0.3) is 0 Å². The normalized spacial score (nSPS) is 9.31. The summed E-state index contributed by atoms with van der Waals surface area (Å²) < 4.78 is 4.71. The zero-order valence-electron chi connectivity index (χ0n) is 7.36. The van der Waals surface area contributed by atoms with Crippen molar-refractivity contribution in [2.24, 2.45) is 0 Å². The van der Waals surface area contributed by atoms with Gasteiger partial charge in [-0.25, -0.2) is 9.97 Å². The van der Waals surface area contributed by atoms with Gasteiger partial charge in [-0.1, -0.05) is 0 Å². The maximum atomic E-state index is 10.9. The molecule has 0 atom stereocenters. The maximum Gasteiger partial charge on any atom is 0.325 e. The molecule has 1 aromatic rings. The monoisotopic (exact) mass is 181 g/mol. The molecule has 70 valence electrons. The topological polar surface area (TPSA) is 64.1 Å². The molecule has 5 nitrogen and oxygen atoms in total. The molecule has 0 fully saturated rings. The summed E-state index contributed by atoms with van der Waals surface area (Å²) in [5, 5.41) is 2.73. The van der Waals surface area contributed by atoms with Gasteiger partial charge in [-0.3, -0.25) is 4.79 Å². The molecule has 0 aliphatic rings. The molecule has 0 saturated carbocycles. The fourth-order valence-electron chi connectivity index (χ4n) is 0.754. The molecular formula is C8H11N3O2. The van der Waals surface area contributed by atoms with Crippen LogP contribution in [0.15, 0.2) is 18.5 Å². The van der Waals surface area contributed by atoms with Gasteiger partial charge in [0.25, 0.3) is 0 Å². The fraction of sp³-hybridized carbons (Fsp3) is 0.375. The third kappa shape index (κ3) is 3.50. The zero-order chi connectivity index (χ0) is 9.52. The number of ether oxygens (including phenoxy) is 1. The third-order valence-electron chi connectivity index (χ3n) is 1.26. The number of rotatable bonds is 4. The quantitative estimate of drug-likeness (QED) is 0.683. The van der Waals surface area contributed by atoms with E-state index in [0.29, 0.717) is 12.6 Å². The predicted molar refractivity (Wildman–Crippen MR) is 47.2 cm³/mol. The second-order valence-electron chi connectivity index (χ2n) is 2.23. The van der Waals surface area contributed by atoms with Gasteiger partial charge < -0.3 is 10.1 Å². The molecule has 0 aromatic carbocycles. The lowest BCUT2D eigenvalue weighted by molar-refractivity contribution is -0.140. The SMILES string of the molecule is CCOC(=O)CNc1ncccn1. The Bertz CT molecular complexity index is 263. The Labute approximate surface area is 76.2 Å². The Morgan fingerprint density at radius 2 is 2.23 bits per heavy atom. The molecule has 0 radical (unpaired) electrons. The highest BCUT2D eigenvalue weighted by atomic mass is 16.5. The van der Waals surface area contributed by atoms with Gasteiger partial charge in [0.05, 0.1) is 6.61 Å². The minimum Gasteiger partial charge on any atom is -0.465 e. The van der Waals surface area contributed by atoms with Crippen LogP contribution < -0.4 is 5.32 Å². The van der Waals surface area contributed by atoms with Crippen LogP contribution in [0.4, 0.5) is 5.95 Å². The van der Waals surface area contributed by atoms with E-state index in [4.69, 9.17) is 4.74 Å². The van der Waals surface area contributed by atoms with Crippen LogP contribution in [-0.2, 0) is 9.53 Å². The van der Waals surface area contributed by atoms with Gasteiger partial charge in [0.1, 0.15) is 6.54 Å². The number of nitrogens with zero attached hydrogens (tertiary/aromatic N) is 2. The summed E-state index contributed by atoms with van der Waals surface area (Å²) in [5.41, 5.74) is 0. The highest BCUT2D eigenvalue weighted by Gasteiger charge is 2.00. The fourth-order valence-corrected chi connectivity index (χ4v) is 0.754. The Morgan fingerprint density at radius 1 is 1.54 bits per heavy atom. The standard InChI is InChI=1S/C8H11N3O2/c1-2-13-7(12)6-11-8-9-4-3-5-10-8/h3-5H,2,6H2,1H3,(H,9,10,11). The first-order valence-corrected chi connectivity index (χ1v) is 3.99. The van der Waals surface area contributed by atoms with Crippen molar-refractivity contribution in [3.63, 3.8) is 0 Å². The van der Waals surface area contributed by atoms with Gasteiger partial charge >= 0.3 is 5.97 Å². The summed E-state index contributed by atoms with van der Waals surface area (Å²) in [6.45, 7) is 2.24. The number of carbonyl (C=O) groups is 1. The molecule has 0 unspecified atom stereocenters. The van der Waals surface area contributed by atoms with Crippen LogP contribution in [0.3, 0.4) is 0 Å². The molecule has 1 rings (SSSR count). The molecular weight excluding hydrogens is 170 g/mol. The van der Waals surface area contributed by atoms with E-state index in [1.807, 2.05) is 0 Å². The summed E-state index contributed by atoms with van der Waals surface area (Å²) in [5.74, 6) is 0.116. The first kappa shape index (κ1) is 9.44. The molecule has 1 aromatic heterocycles. The van der Waals surface area contributed by atoms with Gasteiger partial charge in [0.15, 0.2) is 0 Å². The van der Waals surface area contributed by atoms with Crippen molar-refractivity contribution in [3.8, 4) is 0 Å². The van der Waals surface area contributed by atoms with E-state index >= 15 is 0 Å². The molecule has 0 spiro atoms. The van der Waals surface area contributed by atoms with E-state index in [-0.39, 0.29) is 12.5 Å². The second kappa shape index (κ2) is 5.08. The smallest absolute Gasteiger partial charge is 0.325 e. The largest absolute Gasteiger partial charge is 0.465 e. The van der Waals surface area contributed by atoms with Crippen molar-refractivity contribution in [3.05, 3.63) is 18.5 Å². The Balaban J connectivity index is 2.31. The molecule has 0 amide bonds. The zero-order valence-corrected chi connectivity index (χ0v) is 7.36. The van der Waals surface area contributed by atoms with Crippen LogP contribution in [0.1, 0.15) is 6.92 Å². The van der Waals surface area contributed by atoms with Crippen LogP contribution in [0.5, 0.6) is 0 Å². The lowest BCUT2D eigenvalue weighted by Gasteiger charge is -2.02. The summed E-state index contributed by atoms with van der Waals surface area (Å²) in [6, 6.07) is 1.70. The van der Waals surface area contributed by atoms with Gasteiger partial charge in [0, 0.05) is 12.4 Å². The summed E-state index contributed by atoms with van der Waals surface area (Å²) in [7, 11) is 0. The molecule has 5 heteroatoms. The highest BCUT2D eigenvalue weighted by molar-refractivity contribution is 5.74. The van der Waals surface area contributed by atoms with Crippen LogP contribution >= 0.6 is 0 Å². The van der Waals surface area contributed by atoms with Crippen molar-refractivity contribution < 1.29 is 9.53 Å². The molecule has 0 saturated heterocycles. The number of nitrogens with one attached hydrogen (secondary N) is 1. The van der Waals surface area contributed by atoms with Gasteiger partial charge in [-0.2, -0.15) is 0 Å². The van der Waals surface area contributed by atoms with Crippen LogP contribution in [0, 0.1) is 0 Å². The van der Waals surface area contributed by atoms with E-state index < -0.39 is 0 Å².